The van der Waals surface area contributed by atoms with E-state index in [9.17, 15) is 9.50 Å². The molecule has 1 aromatic carbocycles. The van der Waals surface area contributed by atoms with E-state index in [0.717, 1.165) is 5.82 Å². The Kier molecular flexibility index (Phi) is 4.87. The lowest BCUT2D eigenvalue weighted by atomic mass is 10.1. The standard InChI is InChI=1S/C15H19FN2O2/c1-3-20-11(2)15-17-8-9-18(15)10-14(19)12-6-4-5-7-13(12)16/h4-9,11,14,19H,3,10H2,1-2H3. The maximum absolute atomic E-state index is 13.6. The van der Waals surface area contributed by atoms with Crippen LogP contribution in [-0.4, -0.2) is 21.3 Å². The first-order valence-corrected chi connectivity index (χ1v) is 6.68. The lowest BCUT2D eigenvalue weighted by Gasteiger charge is -2.17. The van der Waals surface area contributed by atoms with Crippen LogP contribution in [0.15, 0.2) is 36.7 Å². The van der Waals surface area contributed by atoms with E-state index in [0.29, 0.717) is 6.61 Å². The van der Waals surface area contributed by atoms with E-state index in [1.807, 2.05) is 13.8 Å². The van der Waals surface area contributed by atoms with Crippen molar-refractivity contribution in [2.75, 3.05) is 6.61 Å². The van der Waals surface area contributed by atoms with Gasteiger partial charge in [0.15, 0.2) is 0 Å². The highest BCUT2D eigenvalue weighted by atomic mass is 19.1. The minimum atomic E-state index is -0.919. The number of aromatic nitrogens is 2. The first kappa shape index (κ1) is 14.7. The normalized spacial score (nSPS) is 14.2. The predicted octanol–water partition coefficient (Wildman–Crippen LogP) is 2.85. The van der Waals surface area contributed by atoms with Crippen molar-refractivity contribution in [2.24, 2.45) is 0 Å². The van der Waals surface area contributed by atoms with Gasteiger partial charge in [-0.1, -0.05) is 18.2 Å². The second-order valence-electron chi connectivity index (χ2n) is 4.57. The Balaban J connectivity index is 2.15. The molecule has 0 spiro atoms. The van der Waals surface area contributed by atoms with Crippen LogP contribution in [0.1, 0.15) is 37.4 Å². The Bertz CT molecular complexity index is 556. The van der Waals surface area contributed by atoms with E-state index in [4.69, 9.17) is 4.74 Å². The first-order chi connectivity index (χ1) is 9.63. The van der Waals surface area contributed by atoms with Crippen LogP contribution in [-0.2, 0) is 11.3 Å². The van der Waals surface area contributed by atoms with Gasteiger partial charge in [0, 0.05) is 24.6 Å². The van der Waals surface area contributed by atoms with Gasteiger partial charge in [-0.25, -0.2) is 9.37 Å². The van der Waals surface area contributed by atoms with Gasteiger partial charge < -0.3 is 14.4 Å². The van der Waals surface area contributed by atoms with Gasteiger partial charge in [0.1, 0.15) is 17.7 Å². The number of aliphatic hydroxyl groups is 1. The summed E-state index contributed by atoms with van der Waals surface area (Å²) in [7, 11) is 0. The summed E-state index contributed by atoms with van der Waals surface area (Å²) < 4.78 is 20.9. The highest BCUT2D eigenvalue weighted by Gasteiger charge is 2.17. The van der Waals surface area contributed by atoms with Crippen molar-refractivity contribution in [3.8, 4) is 0 Å². The number of halogens is 1. The minimum Gasteiger partial charge on any atom is -0.386 e. The SMILES string of the molecule is CCOC(C)c1nccn1CC(O)c1ccccc1F. The summed E-state index contributed by atoms with van der Waals surface area (Å²) in [6.45, 7) is 4.65. The molecule has 0 fully saturated rings. The van der Waals surface area contributed by atoms with Gasteiger partial charge in [0.05, 0.1) is 12.6 Å². The number of nitrogens with zero attached hydrogens (tertiary/aromatic N) is 2. The van der Waals surface area contributed by atoms with Crippen LogP contribution in [0.5, 0.6) is 0 Å². The highest BCUT2D eigenvalue weighted by Crippen LogP contribution is 2.21. The zero-order valence-corrected chi connectivity index (χ0v) is 11.7. The molecule has 0 saturated carbocycles. The van der Waals surface area contributed by atoms with Gasteiger partial charge >= 0.3 is 0 Å². The lowest BCUT2D eigenvalue weighted by Crippen LogP contribution is -2.15. The molecule has 1 aromatic heterocycles. The molecule has 5 heteroatoms. The Labute approximate surface area is 117 Å². The van der Waals surface area contributed by atoms with Crippen LogP contribution < -0.4 is 0 Å². The molecular formula is C15H19FN2O2. The summed E-state index contributed by atoms with van der Waals surface area (Å²) in [5, 5.41) is 10.2. The summed E-state index contributed by atoms with van der Waals surface area (Å²) in [5.74, 6) is 0.321. The topological polar surface area (TPSA) is 47.3 Å². The number of ether oxygens (including phenoxy) is 1. The van der Waals surface area contributed by atoms with Gasteiger partial charge in [0.2, 0.25) is 0 Å². The highest BCUT2D eigenvalue weighted by molar-refractivity contribution is 5.19. The van der Waals surface area contributed by atoms with E-state index in [-0.39, 0.29) is 18.2 Å². The Morgan fingerprint density at radius 3 is 2.85 bits per heavy atom. The molecule has 0 bridgehead atoms. The van der Waals surface area contributed by atoms with Crippen LogP contribution in [0.3, 0.4) is 0 Å². The molecule has 1 N–H and O–H groups in total. The summed E-state index contributed by atoms with van der Waals surface area (Å²) in [5.41, 5.74) is 0.288. The Hall–Kier alpha value is -1.72. The summed E-state index contributed by atoms with van der Waals surface area (Å²) in [4.78, 5) is 4.24. The molecule has 2 rings (SSSR count). The maximum atomic E-state index is 13.6. The number of hydrogen-bond donors (Lipinski definition) is 1. The summed E-state index contributed by atoms with van der Waals surface area (Å²) in [6.07, 6.45) is 2.33. The Morgan fingerprint density at radius 2 is 2.15 bits per heavy atom. The fourth-order valence-corrected chi connectivity index (χ4v) is 2.19. The van der Waals surface area contributed by atoms with Crippen molar-refractivity contribution >= 4 is 0 Å². The molecule has 0 aliphatic rings. The van der Waals surface area contributed by atoms with E-state index >= 15 is 0 Å². The molecule has 0 aliphatic carbocycles. The first-order valence-electron chi connectivity index (χ1n) is 6.68. The average Bonchev–Trinajstić information content (AvgIpc) is 2.87. The van der Waals surface area contributed by atoms with Gasteiger partial charge in [-0.3, -0.25) is 0 Å². The van der Waals surface area contributed by atoms with Crippen molar-refractivity contribution in [3.63, 3.8) is 0 Å². The maximum Gasteiger partial charge on any atom is 0.137 e. The molecule has 1 heterocycles. The van der Waals surface area contributed by atoms with Crippen molar-refractivity contribution in [2.45, 2.75) is 32.6 Å². The number of aliphatic hydroxyl groups excluding tert-OH is 1. The minimum absolute atomic E-state index is 0.164. The molecule has 4 nitrogen and oxygen atoms in total. The predicted molar refractivity (Wildman–Crippen MR) is 73.6 cm³/mol. The molecule has 2 unspecified atom stereocenters. The van der Waals surface area contributed by atoms with Crippen LogP contribution in [0, 0.1) is 5.82 Å². The fraction of sp³-hybridized carbons (Fsp3) is 0.400. The smallest absolute Gasteiger partial charge is 0.137 e. The molecule has 0 aliphatic heterocycles. The van der Waals surface area contributed by atoms with Gasteiger partial charge in [0.25, 0.3) is 0 Å². The second-order valence-corrected chi connectivity index (χ2v) is 4.57. The van der Waals surface area contributed by atoms with E-state index in [1.165, 1.54) is 6.07 Å². The van der Waals surface area contributed by atoms with E-state index < -0.39 is 11.9 Å². The second kappa shape index (κ2) is 6.63. The molecule has 108 valence electrons. The molecule has 0 amide bonds. The van der Waals surface area contributed by atoms with Crippen LogP contribution in [0.4, 0.5) is 4.39 Å². The molecule has 0 saturated heterocycles. The fourth-order valence-electron chi connectivity index (χ4n) is 2.19. The van der Waals surface area contributed by atoms with Crippen LogP contribution in [0.2, 0.25) is 0 Å². The van der Waals surface area contributed by atoms with Crippen molar-refractivity contribution in [3.05, 3.63) is 53.9 Å². The molecule has 2 atom stereocenters. The van der Waals surface area contributed by atoms with E-state index in [2.05, 4.69) is 4.98 Å². The molecular weight excluding hydrogens is 259 g/mol. The van der Waals surface area contributed by atoms with E-state index in [1.54, 1.807) is 35.2 Å². The van der Waals surface area contributed by atoms with Crippen LogP contribution in [0.25, 0.3) is 0 Å². The molecule has 20 heavy (non-hydrogen) atoms. The van der Waals surface area contributed by atoms with Gasteiger partial charge in [-0.05, 0) is 19.9 Å². The average molecular weight is 278 g/mol. The lowest BCUT2D eigenvalue weighted by molar-refractivity contribution is 0.0642. The largest absolute Gasteiger partial charge is 0.386 e. The van der Waals surface area contributed by atoms with Crippen molar-refractivity contribution in [1.29, 1.82) is 0 Å². The molecule has 0 radical (unpaired) electrons. The zero-order chi connectivity index (χ0) is 14.5. The van der Waals surface area contributed by atoms with Crippen LogP contribution >= 0.6 is 0 Å². The number of benzene rings is 1. The Morgan fingerprint density at radius 1 is 1.40 bits per heavy atom. The van der Waals surface area contributed by atoms with Crippen molar-refractivity contribution < 1.29 is 14.2 Å². The quantitative estimate of drug-likeness (QED) is 0.884. The zero-order valence-electron chi connectivity index (χ0n) is 11.7. The number of imidazole rings is 1. The van der Waals surface area contributed by atoms with Gasteiger partial charge in [-0.2, -0.15) is 0 Å². The monoisotopic (exact) mass is 278 g/mol. The number of rotatable bonds is 6. The molecule has 2 aromatic rings. The summed E-state index contributed by atoms with van der Waals surface area (Å²) in [6, 6.07) is 6.24. The third-order valence-corrected chi connectivity index (χ3v) is 3.16. The third-order valence-electron chi connectivity index (χ3n) is 3.16. The third kappa shape index (κ3) is 3.23. The van der Waals surface area contributed by atoms with Gasteiger partial charge in [-0.15, -0.1) is 0 Å². The van der Waals surface area contributed by atoms with Crippen molar-refractivity contribution in [1.82, 2.24) is 9.55 Å². The number of hydrogen-bond acceptors (Lipinski definition) is 3. The summed E-state index contributed by atoms with van der Waals surface area (Å²) >= 11 is 0.